The molecule has 0 fully saturated rings. The number of anilines is 3. The number of hydrogen-bond donors (Lipinski definition) is 3. The van der Waals surface area contributed by atoms with Crippen molar-refractivity contribution in [3.63, 3.8) is 0 Å². The van der Waals surface area contributed by atoms with E-state index in [1.807, 2.05) is 25.1 Å². The van der Waals surface area contributed by atoms with Gasteiger partial charge in [0.25, 0.3) is 10.0 Å². The van der Waals surface area contributed by atoms with E-state index in [9.17, 15) is 13.2 Å². The summed E-state index contributed by atoms with van der Waals surface area (Å²) < 4.78 is 33.4. The summed E-state index contributed by atoms with van der Waals surface area (Å²) in [4.78, 5) is 12.3. The zero-order valence-corrected chi connectivity index (χ0v) is 17.5. The van der Waals surface area contributed by atoms with Crippen LogP contribution in [0.25, 0.3) is 0 Å². The summed E-state index contributed by atoms with van der Waals surface area (Å²) in [6.45, 7) is 4.14. The second-order valence-corrected chi connectivity index (χ2v) is 8.17. The first-order valence-corrected chi connectivity index (χ1v) is 10.8. The summed E-state index contributed by atoms with van der Waals surface area (Å²) in [5.74, 6) is 0.600. The third kappa shape index (κ3) is 5.51. The van der Waals surface area contributed by atoms with Crippen LogP contribution in [0.5, 0.6) is 5.75 Å². The second kappa shape index (κ2) is 9.32. The van der Waals surface area contributed by atoms with E-state index in [2.05, 4.69) is 15.4 Å². The number of carbonyl (C=O) groups excluding carboxylic acids is 1. The van der Waals surface area contributed by atoms with Crippen molar-refractivity contribution in [2.75, 3.05) is 22.0 Å². The van der Waals surface area contributed by atoms with E-state index in [1.54, 1.807) is 49.4 Å². The molecule has 0 spiro atoms. The van der Waals surface area contributed by atoms with Crippen LogP contribution in [0.2, 0.25) is 0 Å². The van der Waals surface area contributed by atoms with Gasteiger partial charge in [0.05, 0.1) is 17.2 Å². The van der Waals surface area contributed by atoms with E-state index in [0.717, 1.165) is 5.56 Å². The minimum Gasteiger partial charge on any atom is -0.494 e. The first kappa shape index (κ1) is 21.2. The average Bonchev–Trinajstić information content (AvgIpc) is 2.72. The Morgan fingerprint density at radius 2 is 1.57 bits per heavy atom. The fourth-order valence-corrected chi connectivity index (χ4v) is 3.83. The molecule has 3 rings (SSSR count). The SMILES string of the molecule is CCOc1ccc(S(=O)(=O)Nc2cc(NC(=O)Nc3ccccc3)ccc2C)cc1. The summed E-state index contributed by atoms with van der Waals surface area (Å²) in [6, 6.07) is 19.8. The predicted molar refractivity (Wildman–Crippen MR) is 119 cm³/mol. The number of urea groups is 1. The molecule has 0 aliphatic carbocycles. The van der Waals surface area contributed by atoms with Gasteiger partial charge in [-0.15, -0.1) is 0 Å². The lowest BCUT2D eigenvalue weighted by Gasteiger charge is -2.14. The molecule has 156 valence electrons. The number of ether oxygens (including phenoxy) is 1. The fraction of sp³-hybridized carbons (Fsp3) is 0.136. The Labute approximate surface area is 176 Å². The van der Waals surface area contributed by atoms with Crippen LogP contribution < -0.4 is 20.1 Å². The predicted octanol–water partition coefficient (Wildman–Crippen LogP) is 4.84. The maximum Gasteiger partial charge on any atom is 0.323 e. The molecule has 3 N–H and O–H groups in total. The van der Waals surface area contributed by atoms with Gasteiger partial charge in [-0.1, -0.05) is 24.3 Å². The van der Waals surface area contributed by atoms with Gasteiger partial charge in [-0.05, 0) is 67.9 Å². The lowest BCUT2D eigenvalue weighted by molar-refractivity contribution is 0.262. The Kier molecular flexibility index (Phi) is 6.58. The molecule has 0 radical (unpaired) electrons. The van der Waals surface area contributed by atoms with Crippen LogP contribution in [0.15, 0.2) is 77.7 Å². The van der Waals surface area contributed by atoms with Gasteiger partial charge in [0.15, 0.2) is 0 Å². The highest BCUT2D eigenvalue weighted by Gasteiger charge is 2.16. The van der Waals surface area contributed by atoms with Crippen LogP contribution in [0.4, 0.5) is 21.9 Å². The van der Waals surface area contributed by atoms with E-state index in [0.29, 0.717) is 29.4 Å². The summed E-state index contributed by atoms with van der Waals surface area (Å²) in [5, 5.41) is 5.42. The first-order chi connectivity index (χ1) is 14.4. The molecule has 7 nitrogen and oxygen atoms in total. The van der Waals surface area contributed by atoms with Gasteiger partial charge in [0, 0.05) is 11.4 Å². The molecule has 0 unspecified atom stereocenters. The van der Waals surface area contributed by atoms with Crippen molar-refractivity contribution in [1.29, 1.82) is 0 Å². The lowest BCUT2D eigenvalue weighted by Crippen LogP contribution is -2.19. The standard InChI is InChI=1S/C22H23N3O4S/c1-3-29-19-11-13-20(14-12-19)30(27,28)25-21-15-18(10-9-16(21)2)24-22(26)23-17-7-5-4-6-8-17/h4-15,25H,3H2,1-2H3,(H2,23,24,26). The second-order valence-electron chi connectivity index (χ2n) is 6.48. The summed E-state index contributed by atoms with van der Waals surface area (Å²) in [5.41, 5.74) is 2.21. The molecule has 0 aromatic heterocycles. The van der Waals surface area contributed by atoms with Gasteiger partial charge in [-0.25, -0.2) is 13.2 Å². The summed E-state index contributed by atoms with van der Waals surface area (Å²) in [6.07, 6.45) is 0. The van der Waals surface area contributed by atoms with Crippen LogP contribution in [-0.2, 0) is 10.0 Å². The molecular formula is C22H23N3O4S. The number of sulfonamides is 1. The average molecular weight is 426 g/mol. The number of benzene rings is 3. The minimum absolute atomic E-state index is 0.116. The molecule has 30 heavy (non-hydrogen) atoms. The normalized spacial score (nSPS) is 10.9. The number of amides is 2. The molecule has 0 saturated heterocycles. The highest BCUT2D eigenvalue weighted by atomic mass is 32.2. The maximum atomic E-state index is 12.7. The van der Waals surface area contributed by atoms with Gasteiger partial charge in [-0.3, -0.25) is 4.72 Å². The van der Waals surface area contributed by atoms with E-state index in [-0.39, 0.29) is 4.90 Å². The summed E-state index contributed by atoms with van der Waals surface area (Å²) in [7, 11) is -3.80. The van der Waals surface area contributed by atoms with Crippen molar-refractivity contribution >= 4 is 33.1 Å². The Hall–Kier alpha value is -3.52. The number of nitrogens with one attached hydrogen (secondary N) is 3. The van der Waals surface area contributed by atoms with E-state index >= 15 is 0 Å². The number of carbonyl (C=O) groups is 1. The molecule has 0 atom stereocenters. The van der Waals surface area contributed by atoms with Crippen LogP contribution >= 0.6 is 0 Å². The van der Waals surface area contributed by atoms with Crippen molar-refractivity contribution in [2.45, 2.75) is 18.7 Å². The van der Waals surface area contributed by atoms with Crippen LogP contribution in [0.1, 0.15) is 12.5 Å². The van der Waals surface area contributed by atoms with Crippen LogP contribution in [0, 0.1) is 6.92 Å². The Bertz CT molecular complexity index is 1110. The number of para-hydroxylation sites is 1. The van der Waals surface area contributed by atoms with E-state index < -0.39 is 16.1 Å². The fourth-order valence-electron chi connectivity index (χ4n) is 2.71. The van der Waals surface area contributed by atoms with Crippen LogP contribution in [-0.4, -0.2) is 21.1 Å². The highest BCUT2D eigenvalue weighted by molar-refractivity contribution is 7.92. The topological polar surface area (TPSA) is 96.5 Å². The number of hydrogen-bond acceptors (Lipinski definition) is 4. The minimum atomic E-state index is -3.80. The molecule has 0 bridgehead atoms. The maximum absolute atomic E-state index is 12.7. The van der Waals surface area contributed by atoms with Crippen molar-refractivity contribution in [1.82, 2.24) is 0 Å². The molecule has 0 saturated carbocycles. The molecular weight excluding hydrogens is 402 g/mol. The van der Waals surface area contributed by atoms with Gasteiger partial charge >= 0.3 is 6.03 Å². The van der Waals surface area contributed by atoms with Crippen LogP contribution in [0.3, 0.4) is 0 Å². The van der Waals surface area contributed by atoms with Crippen molar-refractivity contribution in [3.05, 3.63) is 78.4 Å². The lowest BCUT2D eigenvalue weighted by atomic mass is 10.2. The Morgan fingerprint density at radius 3 is 2.23 bits per heavy atom. The largest absolute Gasteiger partial charge is 0.494 e. The monoisotopic (exact) mass is 425 g/mol. The van der Waals surface area contributed by atoms with E-state index in [4.69, 9.17) is 4.74 Å². The van der Waals surface area contributed by atoms with Crippen molar-refractivity contribution in [3.8, 4) is 5.75 Å². The summed E-state index contributed by atoms with van der Waals surface area (Å²) >= 11 is 0. The number of rotatable bonds is 7. The third-order valence-corrected chi connectivity index (χ3v) is 5.60. The molecule has 3 aromatic carbocycles. The molecule has 0 aliphatic heterocycles. The molecule has 3 aromatic rings. The Morgan fingerprint density at radius 1 is 0.900 bits per heavy atom. The van der Waals surface area contributed by atoms with Gasteiger partial charge in [0.1, 0.15) is 5.75 Å². The first-order valence-electron chi connectivity index (χ1n) is 9.37. The zero-order chi connectivity index (χ0) is 21.6. The third-order valence-electron chi connectivity index (χ3n) is 4.22. The number of aryl methyl sites for hydroxylation is 1. The van der Waals surface area contributed by atoms with E-state index in [1.165, 1.54) is 12.1 Å². The molecule has 0 aliphatic rings. The molecule has 8 heteroatoms. The Balaban J connectivity index is 1.73. The molecule has 2 amide bonds. The van der Waals surface area contributed by atoms with Crippen molar-refractivity contribution < 1.29 is 17.9 Å². The van der Waals surface area contributed by atoms with Gasteiger partial charge in [-0.2, -0.15) is 0 Å². The van der Waals surface area contributed by atoms with Crippen molar-refractivity contribution in [2.24, 2.45) is 0 Å². The molecule has 0 heterocycles. The zero-order valence-electron chi connectivity index (χ0n) is 16.7. The van der Waals surface area contributed by atoms with Gasteiger partial charge in [0.2, 0.25) is 0 Å². The smallest absolute Gasteiger partial charge is 0.323 e. The quantitative estimate of drug-likeness (QED) is 0.505. The van der Waals surface area contributed by atoms with Gasteiger partial charge < -0.3 is 15.4 Å². The highest BCUT2D eigenvalue weighted by Crippen LogP contribution is 2.25.